The molecule has 75 heavy (non-hydrogen) atoms. The van der Waals surface area contributed by atoms with E-state index in [-0.39, 0.29) is 51.4 Å². The van der Waals surface area contributed by atoms with Gasteiger partial charge in [-0.3, -0.25) is 0 Å². The van der Waals surface area contributed by atoms with Gasteiger partial charge in [-0.1, -0.05) is 0 Å². The van der Waals surface area contributed by atoms with Gasteiger partial charge in [0.15, 0.2) is 0 Å². The summed E-state index contributed by atoms with van der Waals surface area (Å²) in [6.45, 7) is -4.07. The number of alkyl halides is 36. The topological polar surface area (TPSA) is 27.7 Å². The molecule has 41 heteroatoms. The molecule has 0 N–H and O–H groups in total. The van der Waals surface area contributed by atoms with Crippen LogP contribution in [-0.4, -0.2) is 139 Å². The summed E-state index contributed by atoms with van der Waals surface area (Å²) in [6.07, 6.45) is -43.8. The second-order valence-corrected chi connectivity index (χ2v) is 36.5. The average Bonchev–Trinajstić information content (AvgIpc) is 3.21. The van der Waals surface area contributed by atoms with Crippen molar-refractivity contribution in [3.63, 3.8) is 0 Å². The molecular weight excluding hydrogens is 1380 g/mol. The summed E-state index contributed by atoms with van der Waals surface area (Å²) in [7, 11) is 0. The average molecular weight is 1420 g/mol. The standard InChI is InChI=1S/2C9H19O.4C4F9.O.2Sn/c2*1-2-3-4-5-6-7-8-9-10;4*5-1(6)2(7,8)3(9,10)4(11,12)13;;;/h2*2-9H2,1H3;;;;;;;/q2*-1;;;;;;2*+1. The summed E-state index contributed by atoms with van der Waals surface area (Å²) in [5.74, 6) is -77.1. The molecule has 0 bridgehead atoms. The number of halogens is 36. The quantitative estimate of drug-likeness (QED) is 0.0382. The van der Waals surface area contributed by atoms with Crippen molar-refractivity contribution in [3.8, 4) is 0 Å². The molecule has 0 saturated carbocycles. The van der Waals surface area contributed by atoms with Gasteiger partial charge in [0.05, 0.1) is 0 Å². The second kappa shape index (κ2) is 23.8. The zero-order valence-electron chi connectivity index (χ0n) is 37.1. The van der Waals surface area contributed by atoms with Crippen molar-refractivity contribution >= 4 is 38.4 Å². The third kappa shape index (κ3) is 12.6. The second-order valence-electron chi connectivity index (χ2n) is 16.2. The van der Waals surface area contributed by atoms with E-state index in [2.05, 4.69) is 7.56 Å². The van der Waals surface area contributed by atoms with Crippen LogP contribution in [0.3, 0.4) is 0 Å². The van der Waals surface area contributed by atoms with E-state index in [1.165, 1.54) is 13.8 Å². The molecule has 0 aliphatic heterocycles. The van der Waals surface area contributed by atoms with E-state index in [9.17, 15) is 87.8 Å². The zero-order valence-corrected chi connectivity index (χ0v) is 42.9. The summed E-state index contributed by atoms with van der Waals surface area (Å²) in [5, 5.41) is 0. The first-order chi connectivity index (χ1) is 32.8. The fourth-order valence-corrected chi connectivity index (χ4v) is 42.2. The molecule has 0 heterocycles. The molecule has 0 atom stereocenters. The van der Waals surface area contributed by atoms with Crippen LogP contribution in [0.2, 0.25) is 0 Å². The van der Waals surface area contributed by atoms with Gasteiger partial charge in [0.1, 0.15) is 0 Å². The number of rotatable bonds is 32. The molecule has 0 radical (unpaired) electrons. The Morgan fingerprint density at radius 1 is 0.227 bits per heavy atom. The number of hydrogen-bond donors (Lipinski definition) is 0. The third-order valence-corrected chi connectivity index (χ3v) is 39.8. The molecule has 0 unspecified atom stereocenters. The van der Waals surface area contributed by atoms with Crippen molar-refractivity contribution in [2.45, 2.75) is 192 Å². The summed E-state index contributed by atoms with van der Waals surface area (Å²) < 4.78 is 500. The van der Waals surface area contributed by atoms with Crippen molar-refractivity contribution in [1.82, 2.24) is 0 Å². The van der Waals surface area contributed by atoms with Crippen LogP contribution in [0.5, 0.6) is 0 Å². The Bertz CT molecular complexity index is 1560. The Labute approximate surface area is 408 Å². The molecule has 0 aromatic rings. The molecule has 0 saturated heterocycles. The van der Waals surface area contributed by atoms with E-state index in [4.69, 9.17) is 0 Å². The molecule has 452 valence electrons. The molecule has 0 fully saturated rings. The van der Waals surface area contributed by atoms with Gasteiger partial charge in [-0.05, 0) is 0 Å². The fraction of sp³-hybridized carbons (Fsp3) is 1.00. The third-order valence-electron chi connectivity index (χ3n) is 10.6. The monoisotopic (exact) mass is 1420 g/mol. The minimum absolute atomic E-state index is 0.0813. The van der Waals surface area contributed by atoms with E-state index in [1.807, 2.05) is 0 Å². The van der Waals surface area contributed by atoms with E-state index in [1.54, 1.807) is 0 Å². The summed E-state index contributed by atoms with van der Waals surface area (Å²) >= 11 is -28.0. The first-order valence-corrected chi connectivity index (χ1v) is 31.0. The molecule has 0 aromatic carbocycles. The molecule has 0 rings (SSSR count). The zero-order chi connectivity index (χ0) is 60.4. The molecule has 0 aromatic heterocycles. The van der Waals surface area contributed by atoms with Gasteiger partial charge in [-0.2, -0.15) is 0 Å². The van der Waals surface area contributed by atoms with Crippen molar-refractivity contribution < 1.29 is 166 Å². The van der Waals surface area contributed by atoms with Crippen molar-refractivity contribution in [1.29, 1.82) is 0 Å². The molecule has 0 spiro atoms. The van der Waals surface area contributed by atoms with E-state index in [0.29, 0.717) is 0 Å². The predicted molar refractivity (Wildman–Crippen MR) is 184 cm³/mol. The molecule has 0 aliphatic carbocycles. The first kappa shape index (κ1) is 74.0. The minimum atomic E-state index is -14.0. The van der Waals surface area contributed by atoms with Crippen LogP contribution >= 0.6 is 0 Å². The van der Waals surface area contributed by atoms with E-state index < -0.39 is 178 Å². The van der Waals surface area contributed by atoms with Crippen LogP contribution in [0.4, 0.5) is 158 Å². The maximum absolute atomic E-state index is 16.5. The number of hydrogen-bond acceptors (Lipinski definition) is 3. The van der Waals surface area contributed by atoms with E-state index in [0.717, 1.165) is 0 Å². The van der Waals surface area contributed by atoms with Gasteiger partial charge < -0.3 is 0 Å². The van der Waals surface area contributed by atoms with Gasteiger partial charge in [0, 0.05) is 0 Å². The summed E-state index contributed by atoms with van der Waals surface area (Å²) in [6, 6.07) is 0. The van der Waals surface area contributed by atoms with Gasteiger partial charge in [-0.15, -0.1) is 0 Å². The Morgan fingerprint density at radius 2 is 0.387 bits per heavy atom. The van der Waals surface area contributed by atoms with Gasteiger partial charge in [0.2, 0.25) is 0 Å². The number of unbranched alkanes of at least 4 members (excludes halogenated alkanes) is 12. The Balaban J connectivity index is 10.5. The van der Waals surface area contributed by atoms with Crippen LogP contribution in [0.15, 0.2) is 0 Å². The van der Waals surface area contributed by atoms with Crippen LogP contribution < -0.4 is 0 Å². The van der Waals surface area contributed by atoms with Crippen molar-refractivity contribution in [2.75, 3.05) is 13.2 Å². The fourth-order valence-electron chi connectivity index (χ4n) is 6.15. The van der Waals surface area contributed by atoms with Gasteiger partial charge in [0.25, 0.3) is 0 Å². The first-order valence-electron chi connectivity index (χ1n) is 20.6. The Hall–Kier alpha value is -1.04. The van der Waals surface area contributed by atoms with Gasteiger partial charge in [-0.25, -0.2) is 0 Å². The molecule has 0 aliphatic rings. The normalized spacial score (nSPS) is 16.1. The summed E-state index contributed by atoms with van der Waals surface area (Å²) in [4.78, 5) is 0. The van der Waals surface area contributed by atoms with Crippen molar-refractivity contribution in [3.05, 3.63) is 0 Å². The van der Waals surface area contributed by atoms with Crippen LogP contribution in [-0.2, 0) is 7.56 Å². The molecule has 3 nitrogen and oxygen atoms in total. The predicted octanol–water partition coefficient (Wildman–Crippen LogP) is 17.5. The Morgan fingerprint density at radius 3 is 0.547 bits per heavy atom. The van der Waals surface area contributed by atoms with Crippen LogP contribution in [0.25, 0.3) is 0 Å². The van der Waals surface area contributed by atoms with Crippen LogP contribution in [0, 0.1) is 0 Å². The van der Waals surface area contributed by atoms with Crippen molar-refractivity contribution in [2.24, 2.45) is 0 Å². The maximum atomic E-state index is 16.5. The SMILES string of the molecule is CCCCCCCCC[O][Sn]([O][Sn]([O]CCCCCCCCC)([C](F)(F)C(F)(F)C(F)(F)C(F)(F)F)[C](F)(F)C(F)(F)C(F)(F)C(F)(F)F)([C](F)(F)C(F)(F)C(F)(F)C(F)(F)F)[C](F)(F)C(F)(F)C(F)(F)C(F)(F)F. The van der Waals surface area contributed by atoms with Crippen LogP contribution in [0.1, 0.15) is 104 Å². The summed E-state index contributed by atoms with van der Waals surface area (Å²) in [5.41, 5.74) is 0. The van der Waals surface area contributed by atoms with E-state index >= 15 is 70.2 Å². The Kier molecular flexibility index (Phi) is 23.5. The van der Waals surface area contributed by atoms with Gasteiger partial charge >= 0.3 is 409 Å². The molecule has 0 amide bonds. The molecular formula is C34H38F36O3Sn2.